The second kappa shape index (κ2) is 6.02. The molecule has 0 saturated carbocycles. The summed E-state index contributed by atoms with van der Waals surface area (Å²) in [5.74, 6) is -0.512. The lowest BCUT2D eigenvalue weighted by Gasteiger charge is -2.14. The van der Waals surface area contributed by atoms with Crippen LogP contribution in [0.2, 0.25) is 0 Å². The largest absolute Gasteiger partial charge is 0.416 e. The van der Waals surface area contributed by atoms with Gasteiger partial charge in [-0.1, -0.05) is 6.07 Å². The van der Waals surface area contributed by atoms with Crippen LogP contribution >= 0.6 is 0 Å². The number of hydrogen-bond donors (Lipinski definition) is 1. The molecule has 0 unspecified atom stereocenters. The highest BCUT2D eigenvalue weighted by atomic mass is 32.2. The lowest BCUT2D eigenvalue weighted by atomic mass is 10.1. The first-order valence-corrected chi connectivity index (χ1v) is 7.31. The summed E-state index contributed by atoms with van der Waals surface area (Å²) in [5, 5.41) is 0. The highest BCUT2D eigenvalue weighted by Crippen LogP contribution is 2.33. The molecule has 1 amide bonds. The van der Waals surface area contributed by atoms with Crippen LogP contribution in [0.15, 0.2) is 23.1 Å². The quantitative estimate of drug-likeness (QED) is 0.910. The summed E-state index contributed by atoms with van der Waals surface area (Å²) in [6.45, 7) is 0.715. The Morgan fingerprint density at radius 3 is 2.33 bits per heavy atom. The van der Waals surface area contributed by atoms with Crippen molar-refractivity contribution in [2.75, 3.05) is 20.6 Å². The van der Waals surface area contributed by atoms with Gasteiger partial charge in [0.15, 0.2) is 0 Å². The topological polar surface area (TPSA) is 66.5 Å². The second-order valence-electron chi connectivity index (χ2n) is 4.59. The number of nitrogens with one attached hydrogen (secondary N) is 1. The van der Waals surface area contributed by atoms with E-state index in [9.17, 15) is 26.4 Å². The standard InChI is InChI=1S/C12H15F3N2O3S/c1-8-4-5-9(6-10(8)12(13,14)15)21(19,20)16-7-11(18)17(2)3/h4-6,16H,7H2,1-3H3. The molecule has 0 saturated heterocycles. The van der Waals surface area contributed by atoms with E-state index >= 15 is 0 Å². The Bertz CT molecular complexity index is 640. The third-order valence-corrected chi connectivity index (χ3v) is 4.14. The van der Waals surface area contributed by atoms with Crippen LogP contribution in [0.4, 0.5) is 13.2 Å². The van der Waals surface area contributed by atoms with Crippen LogP contribution < -0.4 is 4.72 Å². The van der Waals surface area contributed by atoms with Crippen LogP contribution in [0.25, 0.3) is 0 Å². The Kier molecular flexibility index (Phi) is 5.00. The summed E-state index contributed by atoms with van der Waals surface area (Å²) >= 11 is 0. The van der Waals surface area contributed by atoms with Crippen LogP contribution in [0.5, 0.6) is 0 Å². The van der Waals surface area contributed by atoms with E-state index in [1.165, 1.54) is 25.9 Å². The van der Waals surface area contributed by atoms with Crippen LogP contribution in [-0.2, 0) is 21.0 Å². The van der Waals surface area contributed by atoms with Gasteiger partial charge in [0.25, 0.3) is 0 Å². The van der Waals surface area contributed by atoms with E-state index < -0.39 is 39.1 Å². The molecule has 1 N–H and O–H groups in total. The van der Waals surface area contributed by atoms with Gasteiger partial charge in [0.2, 0.25) is 15.9 Å². The van der Waals surface area contributed by atoms with Crippen LogP contribution in [-0.4, -0.2) is 39.9 Å². The Morgan fingerprint density at radius 1 is 1.29 bits per heavy atom. The smallest absolute Gasteiger partial charge is 0.348 e. The van der Waals surface area contributed by atoms with E-state index in [2.05, 4.69) is 0 Å². The molecule has 0 radical (unpaired) electrons. The lowest BCUT2D eigenvalue weighted by Crippen LogP contribution is -2.36. The molecule has 0 bridgehead atoms. The third kappa shape index (κ3) is 4.43. The van der Waals surface area contributed by atoms with Crippen molar-refractivity contribution in [2.24, 2.45) is 0 Å². The van der Waals surface area contributed by atoms with Crippen molar-refractivity contribution in [1.82, 2.24) is 9.62 Å². The first-order chi connectivity index (χ1) is 9.45. The molecule has 1 rings (SSSR count). The molecule has 21 heavy (non-hydrogen) atoms. The molecule has 5 nitrogen and oxygen atoms in total. The zero-order valence-corrected chi connectivity index (χ0v) is 12.5. The zero-order chi connectivity index (χ0) is 16.4. The van der Waals surface area contributed by atoms with Gasteiger partial charge in [0.1, 0.15) is 0 Å². The van der Waals surface area contributed by atoms with Gasteiger partial charge < -0.3 is 4.90 Å². The molecule has 118 valence electrons. The molecule has 0 aliphatic heterocycles. The molecular formula is C12H15F3N2O3S. The van der Waals surface area contributed by atoms with Crippen molar-refractivity contribution in [3.8, 4) is 0 Å². The lowest BCUT2D eigenvalue weighted by molar-refractivity contribution is -0.138. The Morgan fingerprint density at radius 2 is 1.86 bits per heavy atom. The summed E-state index contributed by atoms with van der Waals surface area (Å²) in [7, 11) is -1.32. The predicted molar refractivity (Wildman–Crippen MR) is 70.1 cm³/mol. The number of hydrogen-bond acceptors (Lipinski definition) is 3. The normalized spacial score (nSPS) is 12.3. The van der Waals surface area contributed by atoms with E-state index in [1.807, 2.05) is 4.72 Å². The van der Waals surface area contributed by atoms with Crippen molar-refractivity contribution >= 4 is 15.9 Å². The van der Waals surface area contributed by atoms with Crippen molar-refractivity contribution in [1.29, 1.82) is 0 Å². The third-order valence-electron chi connectivity index (χ3n) is 2.74. The summed E-state index contributed by atoms with van der Waals surface area (Å²) in [6.07, 6.45) is -4.64. The summed E-state index contributed by atoms with van der Waals surface area (Å²) in [6, 6.07) is 2.69. The predicted octanol–water partition coefficient (Wildman–Crippen LogP) is 1.38. The maximum atomic E-state index is 12.8. The number of rotatable bonds is 4. The van der Waals surface area contributed by atoms with Gasteiger partial charge in [-0.3, -0.25) is 4.79 Å². The summed E-state index contributed by atoms with van der Waals surface area (Å²) < 4.78 is 64.1. The maximum Gasteiger partial charge on any atom is 0.416 e. The summed E-state index contributed by atoms with van der Waals surface area (Å²) in [5.41, 5.74) is -1.10. The van der Waals surface area contributed by atoms with Crippen LogP contribution in [0.3, 0.4) is 0 Å². The molecule has 0 aliphatic carbocycles. The van der Waals surface area contributed by atoms with Crippen molar-refractivity contribution < 1.29 is 26.4 Å². The number of alkyl halides is 3. The number of likely N-dealkylation sites (N-methyl/N-ethyl adjacent to an activating group) is 1. The first-order valence-electron chi connectivity index (χ1n) is 5.83. The molecular weight excluding hydrogens is 309 g/mol. The first kappa shape index (κ1) is 17.4. The van der Waals surface area contributed by atoms with Gasteiger partial charge in [-0.2, -0.15) is 13.2 Å². The minimum absolute atomic E-state index is 0.0779. The van der Waals surface area contributed by atoms with Gasteiger partial charge in [-0.15, -0.1) is 0 Å². The van der Waals surface area contributed by atoms with Gasteiger partial charge in [-0.25, -0.2) is 13.1 Å². The number of nitrogens with zero attached hydrogens (tertiary/aromatic N) is 1. The summed E-state index contributed by atoms with van der Waals surface area (Å²) in [4.78, 5) is 12.0. The second-order valence-corrected chi connectivity index (χ2v) is 6.35. The fourth-order valence-corrected chi connectivity index (χ4v) is 2.47. The van der Waals surface area contributed by atoms with Crippen LogP contribution in [0, 0.1) is 6.92 Å². The Labute approximate surface area is 120 Å². The SMILES string of the molecule is Cc1ccc(S(=O)(=O)NCC(=O)N(C)C)cc1C(F)(F)F. The van der Waals surface area contributed by atoms with E-state index in [1.54, 1.807) is 0 Å². The van der Waals surface area contributed by atoms with E-state index in [0.29, 0.717) is 6.07 Å². The molecule has 1 aromatic carbocycles. The van der Waals surface area contributed by atoms with Crippen LogP contribution in [0.1, 0.15) is 11.1 Å². The van der Waals surface area contributed by atoms with Gasteiger partial charge >= 0.3 is 6.18 Å². The minimum atomic E-state index is -4.64. The van der Waals surface area contributed by atoms with Crippen molar-refractivity contribution in [2.45, 2.75) is 18.0 Å². The number of aryl methyl sites for hydroxylation is 1. The molecule has 9 heteroatoms. The highest BCUT2D eigenvalue weighted by molar-refractivity contribution is 7.89. The zero-order valence-electron chi connectivity index (χ0n) is 11.7. The minimum Gasteiger partial charge on any atom is -0.348 e. The number of carbonyl (C=O) groups excluding carboxylic acids is 1. The monoisotopic (exact) mass is 324 g/mol. The number of benzene rings is 1. The number of carbonyl (C=O) groups is 1. The van der Waals surface area contributed by atoms with E-state index in [-0.39, 0.29) is 5.56 Å². The Hall–Kier alpha value is -1.61. The fourth-order valence-electron chi connectivity index (χ4n) is 1.47. The molecule has 0 atom stereocenters. The fraction of sp³-hybridized carbons (Fsp3) is 0.417. The Balaban J connectivity index is 3.07. The number of halogens is 3. The molecule has 0 aromatic heterocycles. The average molecular weight is 324 g/mol. The molecule has 1 aromatic rings. The molecule has 0 heterocycles. The van der Waals surface area contributed by atoms with Crippen molar-refractivity contribution in [3.05, 3.63) is 29.3 Å². The molecule has 0 fully saturated rings. The van der Waals surface area contributed by atoms with E-state index in [0.717, 1.165) is 12.1 Å². The molecule has 0 spiro atoms. The van der Waals surface area contributed by atoms with E-state index in [4.69, 9.17) is 0 Å². The average Bonchev–Trinajstić information content (AvgIpc) is 2.34. The maximum absolute atomic E-state index is 12.8. The number of amides is 1. The van der Waals surface area contributed by atoms with Gasteiger partial charge in [-0.05, 0) is 24.6 Å². The van der Waals surface area contributed by atoms with Gasteiger partial charge in [0.05, 0.1) is 17.0 Å². The highest BCUT2D eigenvalue weighted by Gasteiger charge is 2.33. The number of sulfonamides is 1. The molecule has 0 aliphatic rings. The van der Waals surface area contributed by atoms with Gasteiger partial charge in [0, 0.05) is 14.1 Å². The van der Waals surface area contributed by atoms with Crippen molar-refractivity contribution in [3.63, 3.8) is 0 Å².